The Bertz CT molecular complexity index is 878. The third-order valence-electron chi connectivity index (χ3n) is 5.75. The lowest BCUT2D eigenvalue weighted by Crippen LogP contribution is -2.37. The van der Waals surface area contributed by atoms with E-state index in [1.54, 1.807) is 0 Å². The summed E-state index contributed by atoms with van der Waals surface area (Å²) in [4.78, 5) is 2.40. The summed E-state index contributed by atoms with van der Waals surface area (Å²) in [6.45, 7) is 2.77. The molecule has 0 amide bonds. The normalized spacial score (nSPS) is 23.0. The minimum atomic E-state index is -1.16. The van der Waals surface area contributed by atoms with Gasteiger partial charge in [0.15, 0.2) is 11.6 Å². The van der Waals surface area contributed by atoms with Crippen LogP contribution in [0.15, 0.2) is 48.0 Å². The smallest absolute Gasteiger partial charge is 0.161 e. The monoisotopic (exact) mass is 372 g/mol. The van der Waals surface area contributed by atoms with Crippen LogP contribution >= 0.6 is 0 Å². The molecule has 2 aromatic carbocycles. The van der Waals surface area contributed by atoms with Crippen LogP contribution in [0.3, 0.4) is 0 Å². The highest BCUT2D eigenvalue weighted by Gasteiger charge is 2.28. The largest absolute Gasteiger partial charge is 0.327 e. The summed E-state index contributed by atoms with van der Waals surface area (Å²) in [6.07, 6.45) is 4.32. The minimum Gasteiger partial charge on any atom is -0.327 e. The summed E-state index contributed by atoms with van der Waals surface area (Å²) in [5.74, 6) is -3.24. The van der Waals surface area contributed by atoms with Gasteiger partial charge in [-0.25, -0.2) is 13.2 Å². The molecule has 0 bridgehead atoms. The maximum Gasteiger partial charge on any atom is 0.161 e. The molecule has 0 aromatic heterocycles. The van der Waals surface area contributed by atoms with E-state index in [1.165, 1.54) is 16.7 Å². The van der Waals surface area contributed by atoms with E-state index in [-0.39, 0.29) is 17.5 Å². The fourth-order valence-electron chi connectivity index (χ4n) is 4.28. The van der Waals surface area contributed by atoms with Gasteiger partial charge in [-0.15, -0.1) is 0 Å². The fourth-order valence-corrected chi connectivity index (χ4v) is 4.28. The standard InChI is InChI=1S/C22H23F3N2/c23-19-11-21(25)20(24)10-18(19)17-6-5-14(9-22(17)26)12-27-8-7-15-3-1-2-4-16(15)13-27/h1-5,10-11,17,22H,6-9,12-13,26H2. The minimum absolute atomic E-state index is 0.170. The molecule has 0 saturated heterocycles. The SMILES string of the molecule is NC1CC(CN2CCc3ccccc3C2)=CCC1c1cc(F)c(F)cc1F. The van der Waals surface area contributed by atoms with E-state index in [4.69, 9.17) is 5.73 Å². The van der Waals surface area contributed by atoms with Crippen molar-refractivity contribution in [2.75, 3.05) is 13.1 Å². The number of hydrogen-bond donors (Lipinski definition) is 1. The second kappa shape index (κ2) is 7.49. The Kier molecular flexibility index (Phi) is 5.06. The van der Waals surface area contributed by atoms with Crippen LogP contribution in [0.1, 0.15) is 35.4 Å². The topological polar surface area (TPSA) is 29.3 Å². The third-order valence-corrected chi connectivity index (χ3v) is 5.75. The second-order valence-electron chi connectivity index (χ2n) is 7.59. The average Bonchev–Trinajstić information content (AvgIpc) is 2.65. The molecule has 0 saturated carbocycles. The van der Waals surface area contributed by atoms with Gasteiger partial charge in [-0.1, -0.05) is 35.9 Å². The van der Waals surface area contributed by atoms with Gasteiger partial charge in [0.05, 0.1) is 0 Å². The lowest BCUT2D eigenvalue weighted by atomic mass is 9.80. The first-order valence-electron chi connectivity index (χ1n) is 9.38. The molecule has 2 unspecified atom stereocenters. The molecule has 142 valence electrons. The summed E-state index contributed by atoms with van der Waals surface area (Å²) in [6, 6.07) is 9.76. The van der Waals surface area contributed by atoms with Crippen LogP contribution in [-0.4, -0.2) is 24.0 Å². The van der Waals surface area contributed by atoms with Crippen LogP contribution in [0.5, 0.6) is 0 Å². The number of halogens is 3. The molecule has 27 heavy (non-hydrogen) atoms. The molecule has 2 aromatic rings. The van der Waals surface area contributed by atoms with E-state index < -0.39 is 17.5 Å². The van der Waals surface area contributed by atoms with Gasteiger partial charge in [-0.2, -0.15) is 0 Å². The lowest BCUT2D eigenvalue weighted by Gasteiger charge is -2.34. The summed E-state index contributed by atoms with van der Waals surface area (Å²) in [5.41, 5.74) is 10.5. The lowest BCUT2D eigenvalue weighted by molar-refractivity contribution is 0.269. The first-order chi connectivity index (χ1) is 13.0. The van der Waals surface area contributed by atoms with Crippen molar-refractivity contribution in [3.63, 3.8) is 0 Å². The summed E-state index contributed by atoms with van der Waals surface area (Å²) in [7, 11) is 0. The predicted octanol–water partition coefficient (Wildman–Crippen LogP) is 4.29. The zero-order valence-corrected chi connectivity index (χ0v) is 15.1. The van der Waals surface area contributed by atoms with E-state index >= 15 is 0 Å². The summed E-state index contributed by atoms with van der Waals surface area (Å²) < 4.78 is 40.8. The van der Waals surface area contributed by atoms with Gasteiger partial charge in [0.2, 0.25) is 0 Å². The molecule has 2 aliphatic rings. The summed E-state index contributed by atoms with van der Waals surface area (Å²) >= 11 is 0. The van der Waals surface area contributed by atoms with Crippen molar-refractivity contribution in [2.45, 2.75) is 37.8 Å². The van der Waals surface area contributed by atoms with Gasteiger partial charge in [0.1, 0.15) is 5.82 Å². The highest BCUT2D eigenvalue weighted by atomic mass is 19.2. The Labute approximate surface area is 157 Å². The van der Waals surface area contributed by atoms with Crippen LogP contribution in [0, 0.1) is 17.5 Å². The molecule has 1 heterocycles. The molecular weight excluding hydrogens is 349 g/mol. The molecule has 2 atom stereocenters. The number of fused-ring (bicyclic) bond motifs is 1. The molecule has 1 aliphatic carbocycles. The van der Waals surface area contributed by atoms with Crippen molar-refractivity contribution in [2.24, 2.45) is 5.73 Å². The van der Waals surface area contributed by atoms with Gasteiger partial charge in [0.25, 0.3) is 0 Å². The van der Waals surface area contributed by atoms with Crippen LogP contribution in [0.25, 0.3) is 0 Å². The molecule has 0 radical (unpaired) electrons. The van der Waals surface area contributed by atoms with E-state index in [0.29, 0.717) is 18.9 Å². The number of allylic oxidation sites excluding steroid dienone is 1. The van der Waals surface area contributed by atoms with Gasteiger partial charge in [-0.05, 0) is 42.0 Å². The first kappa shape index (κ1) is 18.3. The van der Waals surface area contributed by atoms with Gasteiger partial charge < -0.3 is 5.73 Å². The van der Waals surface area contributed by atoms with Crippen LogP contribution < -0.4 is 5.73 Å². The highest BCUT2D eigenvalue weighted by molar-refractivity contribution is 5.31. The molecule has 2 nitrogen and oxygen atoms in total. The molecule has 5 heteroatoms. The van der Waals surface area contributed by atoms with Crippen molar-refractivity contribution < 1.29 is 13.2 Å². The van der Waals surface area contributed by atoms with Crippen molar-refractivity contribution in [3.05, 3.63) is 82.2 Å². The van der Waals surface area contributed by atoms with E-state index in [0.717, 1.165) is 32.1 Å². The Morgan fingerprint density at radius 2 is 1.74 bits per heavy atom. The van der Waals surface area contributed by atoms with Crippen LogP contribution in [0.2, 0.25) is 0 Å². The number of hydrogen-bond acceptors (Lipinski definition) is 2. The molecule has 2 N–H and O–H groups in total. The molecular formula is C22H23F3N2. The fraction of sp³-hybridized carbons (Fsp3) is 0.364. The van der Waals surface area contributed by atoms with E-state index in [9.17, 15) is 13.2 Å². The third kappa shape index (κ3) is 3.80. The Hall–Kier alpha value is -2.11. The summed E-state index contributed by atoms with van der Waals surface area (Å²) in [5, 5.41) is 0. The molecule has 4 rings (SSSR count). The number of nitrogens with zero attached hydrogens (tertiary/aromatic N) is 1. The molecule has 0 spiro atoms. The molecule has 0 fully saturated rings. The van der Waals surface area contributed by atoms with Crippen molar-refractivity contribution in [1.82, 2.24) is 4.90 Å². The van der Waals surface area contributed by atoms with Crippen molar-refractivity contribution in [1.29, 1.82) is 0 Å². The highest BCUT2D eigenvalue weighted by Crippen LogP contribution is 2.34. The Morgan fingerprint density at radius 3 is 2.52 bits per heavy atom. The van der Waals surface area contributed by atoms with Gasteiger partial charge in [-0.3, -0.25) is 4.90 Å². The number of rotatable bonds is 3. The Morgan fingerprint density at radius 1 is 1.00 bits per heavy atom. The zero-order chi connectivity index (χ0) is 19.0. The average molecular weight is 372 g/mol. The Balaban J connectivity index is 1.45. The maximum absolute atomic E-state index is 14.1. The van der Waals surface area contributed by atoms with Crippen LogP contribution in [0.4, 0.5) is 13.2 Å². The number of benzene rings is 2. The van der Waals surface area contributed by atoms with Gasteiger partial charge >= 0.3 is 0 Å². The predicted molar refractivity (Wildman–Crippen MR) is 99.8 cm³/mol. The number of nitrogens with two attached hydrogens (primary N) is 1. The molecule has 1 aliphatic heterocycles. The van der Waals surface area contributed by atoms with Crippen molar-refractivity contribution >= 4 is 0 Å². The van der Waals surface area contributed by atoms with Crippen LogP contribution in [-0.2, 0) is 13.0 Å². The quantitative estimate of drug-likeness (QED) is 0.643. The first-order valence-corrected chi connectivity index (χ1v) is 9.38. The van der Waals surface area contributed by atoms with E-state index in [2.05, 4.69) is 35.2 Å². The van der Waals surface area contributed by atoms with Crippen molar-refractivity contribution in [3.8, 4) is 0 Å². The van der Waals surface area contributed by atoms with Gasteiger partial charge in [0, 0.05) is 37.7 Å². The maximum atomic E-state index is 14.1. The zero-order valence-electron chi connectivity index (χ0n) is 15.1. The van der Waals surface area contributed by atoms with E-state index in [1.807, 2.05) is 0 Å². The second-order valence-corrected chi connectivity index (χ2v) is 7.59.